The Morgan fingerprint density at radius 3 is 2.10 bits per heavy atom. The van der Waals surface area contributed by atoms with Gasteiger partial charge in [-0.2, -0.15) is 28.4 Å². The first-order valence-corrected chi connectivity index (χ1v) is 22.0. The maximum absolute atomic E-state index is 15.7. The van der Waals surface area contributed by atoms with E-state index < -0.39 is 75.4 Å². The van der Waals surface area contributed by atoms with E-state index in [-0.39, 0.29) is 24.4 Å². The minimum Gasteiger partial charge on any atom is -0.507 e. The van der Waals surface area contributed by atoms with Crippen molar-refractivity contribution in [3.05, 3.63) is 160 Å². The van der Waals surface area contributed by atoms with Crippen LogP contribution in [0.3, 0.4) is 0 Å². The lowest BCUT2D eigenvalue weighted by atomic mass is 9.49. The van der Waals surface area contributed by atoms with Gasteiger partial charge in [-0.05, 0) is 108 Å². The van der Waals surface area contributed by atoms with Crippen molar-refractivity contribution >= 4 is 86.2 Å². The lowest BCUT2D eigenvalue weighted by Crippen LogP contribution is -2.53. The van der Waals surface area contributed by atoms with Gasteiger partial charge in [-0.1, -0.05) is 77.3 Å². The fourth-order valence-corrected chi connectivity index (χ4v) is 10.9. The summed E-state index contributed by atoms with van der Waals surface area (Å²) in [6.45, 7) is 0. The van der Waals surface area contributed by atoms with Crippen molar-refractivity contribution in [3.63, 3.8) is 0 Å². The Morgan fingerprint density at radius 1 is 0.806 bits per heavy atom. The normalized spacial score (nSPS) is 23.7. The Balaban J connectivity index is 1.07. The van der Waals surface area contributed by atoms with Crippen molar-refractivity contribution in [2.45, 2.75) is 30.4 Å². The summed E-state index contributed by atoms with van der Waals surface area (Å²) in [6, 6.07) is 31.5. The first-order valence-electron chi connectivity index (χ1n) is 21.3. The predicted octanol–water partition coefficient (Wildman–Crippen LogP) is 10.9. The minimum absolute atomic E-state index is 0.0278. The number of carbonyl (C=O) groups is 4. The quantitative estimate of drug-likeness (QED) is 0.0871. The molecule has 67 heavy (non-hydrogen) atoms. The average molecular weight is 945 g/mol. The topological polar surface area (TPSA) is 148 Å². The van der Waals surface area contributed by atoms with E-state index in [1.54, 1.807) is 78.9 Å². The van der Waals surface area contributed by atoms with E-state index in [1.807, 2.05) is 49.3 Å². The molecule has 12 nitrogen and oxygen atoms in total. The number of rotatable bonds is 8. The number of carbonyl (C=O) groups excluding carboxylic acids is 4. The smallest absolute Gasteiger partial charge is 0.417 e. The van der Waals surface area contributed by atoms with Crippen LogP contribution in [-0.4, -0.2) is 52.8 Å². The molecule has 6 aromatic rings. The summed E-state index contributed by atoms with van der Waals surface area (Å²) in [5, 5.41) is 21.4. The highest BCUT2D eigenvalue weighted by Crippen LogP contribution is 2.65. The van der Waals surface area contributed by atoms with Gasteiger partial charge >= 0.3 is 6.18 Å². The van der Waals surface area contributed by atoms with Crippen LogP contribution < -0.4 is 15.2 Å². The van der Waals surface area contributed by atoms with Crippen molar-refractivity contribution in [2.75, 3.05) is 29.3 Å². The summed E-state index contributed by atoms with van der Waals surface area (Å²) < 4.78 is 40.9. The van der Waals surface area contributed by atoms with Crippen LogP contribution in [0.15, 0.2) is 143 Å². The Hall–Kier alpha value is -7.10. The van der Waals surface area contributed by atoms with E-state index in [1.165, 1.54) is 11.0 Å². The number of nitrogens with zero attached hydrogens (tertiary/aromatic N) is 6. The molecule has 1 aromatic heterocycles. The molecule has 2 N–H and O–H groups in total. The van der Waals surface area contributed by atoms with Gasteiger partial charge in [-0.15, -0.1) is 0 Å². The number of halogens is 5. The summed E-state index contributed by atoms with van der Waals surface area (Å²) in [7, 11) is 3.88. The number of aromatic hydroxyl groups is 1. The lowest BCUT2D eigenvalue weighted by molar-refractivity contribution is -0.139. The number of hydrogen-bond donors (Lipinski definition) is 2. The standard InChI is InChI=1S/C50H38Cl2F3N7O5/c1-60(2)31-15-11-29(12-16-31)57-58-30-13-17-32(18-14-30)61-45(64)37-20-19-36-38(42(37)47(61)66)24-39-46(65)62(59-44-40(52)23-27(25-56-44)50(53,54)55)48(67)49(39,26-7-9-28(51)10-8-26)43(36)35-21-22-41(63)34-6-4-3-5-33(34)35/h3-19,21-23,25,37-39,42-43,63H,20,24H2,1-2H3,(H,56,59). The van der Waals surface area contributed by atoms with Crippen molar-refractivity contribution in [1.29, 1.82) is 0 Å². The van der Waals surface area contributed by atoms with Crippen LogP contribution in [0.2, 0.25) is 10.0 Å². The number of imide groups is 2. The second kappa shape index (κ2) is 16.3. The number of alkyl halides is 3. The maximum Gasteiger partial charge on any atom is 0.417 e. The third-order valence-corrected chi connectivity index (χ3v) is 14.1. The van der Waals surface area contributed by atoms with Crippen molar-refractivity contribution in [1.82, 2.24) is 9.99 Å². The molecule has 4 aliphatic rings. The van der Waals surface area contributed by atoms with Crippen LogP contribution in [0.4, 0.5) is 41.7 Å². The number of pyridine rings is 1. The van der Waals surface area contributed by atoms with Crippen LogP contribution >= 0.6 is 23.2 Å². The highest BCUT2D eigenvalue weighted by molar-refractivity contribution is 6.33. The molecule has 0 bridgehead atoms. The number of azo groups is 1. The first kappa shape index (κ1) is 43.8. The summed E-state index contributed by atoms with van der Waals surface area (Å²) >= 11 is 12.8. The van der Waals surface area contributed by atoms with Gasteiger partial charge in [0.1, 0.15) is 5.75 Å². The maximum atomic E-state index is 15.7. The third-order valence-electron chi connectivity index (χ3n) is 13.6. The average Bonchev–Trinajstić information content (AvgIpc) is 3.69. The fourth-order valence-electron chi connectivity index (χ4n) is 10.5. The van der Waals surface area contributed by atoms with Crippen molar-refractivity contribution < 1.29 is 37.5 Å². The Kier molecular flexibility index (Phi) is 10.7. The third kappa shape index (κ3) is 7.10. The van der Waals surface area contributed by atoms with Crippen LogP contribution in [0.5, 0.6) is 5.75 Å². The lowest BCUT2D eigenvalue weighted by Gasteiger charge is -2.51. The molecule has 2 aliphatic heterocycles. The van der Waals surface area contributed by atoms with E-state index in [0.717, 1.165) is 10.7 Å². The molecule has 6 atom stereocenters. The Labute approximate surface area is 391 Å². The van der Waals surface area contributed by atoms with Gasteiger partial charge in [-0.25, -0.2) is 4.98 Å². The molecular formula is C50H38Cl2F3N7O5. The van der Waals surface area contributed by atoms with E-state index in [4.69, 9.17) is 23.2 Å². The largest absolute Gasteiger partial charge is 0.507 e. The fraction of sp³-hybridized carbons (Fsp3) is 0.220. The van der Waals surface area contributed by atoms with Crippen LogP contribution in [0.1, 0.15) is 35.4 Å². The molecule has 6 unspecified atom stereocenters. The van der Waals surface area contributed by atoms with Gasteiger partial charge < -0.3 is 10.0 Å². The van der Waals surface area contributed by atoms with Crippen LogP contribution in [-0.2, 0) is 30.8 Å². The summed E-state index contributed by atoms with van der Waals surface area (Å²) in [4.78, 5) is 67.3. The molecule has 2 saturated heterocycles. The van der Waals surface area contributed by atoms with Crippen molar-refractivity contribution in [2.24, 2.45) is 33.9 Å². The van der Waals surface area contributed by atoms with E-state index >= 15 is 9.59 Å². The molecule has 3 fully saturated rings. The highest BCUT2D eigenvalue weighted by atomic mass is 35.5. The SMILES string of the molecule is CN(C)c1ccc(N=Nc2ccc(N3C(=O)C4CC=C5C(CC6C(=O)N(Nc7ncc(C(F)(F)F)cc7Cl)C(=O)C6(c6ccc(Cl)cc6)C5c5ccc(O)c6ccccc56)C4C3=O)cc2)cc1. The summed E-state index contributed by atoms with van der Waals surface area (Å²) in [5.41, 5.74) is 3.83. The van der Waals surface area contributed by atoms with Gasteiger partial charge in [0.2, 0.25) is 11.8 Å². The summed E-state index contributed by atoms with van der Waals surface area (Å²) in [6.07, 6.45) is -2.25. The Bertz CT molecular complexity index is 3090. The number of phenols is 1. The van der Waals surface area contributed by atoms with Gasteiger partial charge in [0, 0.05) is 42.3 Å². The first-order chi connectivity index (χ1) is 32.1. The summed E-state index contributed by atoms with van der Waals surface area (Å²) in [5.74, 6) is -7.51. The second-order valence-corrected chi connectivity index (χ2v) is 18.1. The predicted molar refractivity (Wildman–Crippen MR) is 246 cm³/mol. The zero-order chi connectivity index (χ0) is 47.1. The van der Waals surface area contributed by atoms with Crippen molar-refractivity contribution in [3.8, 4) is 5.75 Å². The number of fused-ring (bicyclic) bond motifs is 5. The second-order valence-electron chi connectivity index (χ2n) is 17.3. The van der Waals surface area contributed by atoms with E-state index in [0.29, 0.717) is 61.8 Å². The van der Waals surface area contributed by atoms with E-state index in [2.05, 4.69) is 20.6 Å². The number of allylic oxidation sites excluding steroid dienone is 2. The van der Waals surface area contributed by atoms with E-state index in [9.17, 15) is 27.9 Å². The minimum atomic E-state index is -4.77. The van der Waals surface area contributed by atoms with Gasteiger partial charge in [0.15, 0.2) is 5.82 Å². The monoisotopic (exact) mass is 943 g/mol. The number of benzene rings is 5. The number of amides is 4. The molecule has 10 rings (SSSR count). The molecule has 3 heterocycles. The number of aromatic nitrogens is 1. The molecule has 5 aromatic carbocycles. The van der Waals surface area contributed by atoms with Gasteiger partial charge in [-0.3, -0.25) is 29.5 Å². The molecular weight excluding hydrogens is 906 g/mol. The number of anilines is 3. The number of hydrazine groups is 1. The van der Waals surface area contributed by atoms with Crippen LogP contribution in [0, 0.1) is 23.7 Å². The van der Waals surface area contributed by atoms with Gasteiger partial charge in [0.05, 0.1) is 50.8 Å². The molecule has 2 aliphatic carbocycles. The van der Waals surface area contributed by atoms with Crippen LogP contribution in [0.25, 0.3) is 10.8 Å². The molecule has 4 amide bonds. The zero-order valence-corrected chi connectivity index (χ0v) is 37.1. The Morgan fingerprint density at radius 2 is 1.46 bits per heavy atom. The molecule has 17 heteroatoms. The highest BCUT2D eigenvalue weighted by Gasteiger charge is 2.70. The number of phenolic OH excluding ortho intramolecular Hbond substituents is 1. The number of hydrogen-bond acceptors (Lipinski definition) is 10. The molecule has 338 valence electrons. The molecule has 1 saturated carbocycles. The van der Waals surface area contributed by atoms with Gasteiger partial charge in [0.25, 0.3) is 11.8 Å². The number of nitrogens with one attached hydrogen (secondary N) is 1. The molecule has 0 spiro atoms. The zero-order valence-electron chi connectivity index (χ0n) is 35.6. The molecule has 0 radical (unpaired) electrons.